The van der Waals surface area contributed by atoms with Crippen LogP contribution in [-0.4, -0.2) is 14.5 Å². The molecule has 0 bridgehead atoms. The van der Waals surface area contributed by atoms with Crippen LogP contribution in [0.1, 0.15) is 11.6 Å². The highest BCUT2D eigenvalue weighted by molar-refractivity contribution is 9.10. The molecule has 0 spiro atoms. The van der Waals surface area contributed by atoms with Crippen molar-refractivity contribution in [3.63, 3.8) is 0 Å². The Bertz CT molecular complexity index is 702. The Hall–Kier alpha value is -2.08. The molecule has 0 atom stereocenters. The van der Waals surface area contributed by atoms with E-state index in [0.29, 0.717) is 6.54 Å². The molecule has 3 rings (SSSR count). The van der Waals surface area contributed by atoms with Gasteiger partial charge in [0.05, 0.1) is 29.2 Å². The Morgan fingerprint density at radius 1 is 1.30 bits per heavy atom. The normalized spacial score (nSPS) is 10.7. The predicted molar refractivity (Wildman–Crippen MR) is 79.8 cm³/mol. The lowest BCUT2D eigenvalue weighted by molar-refractivity contribution is 0.516. The van der Waals surface area contributed by atoms with E-state index < -0.39 is 0 Å². The van der Waals surface area contributed by atoms with Crippen LogP contribution >= 0.6 is 15.9 Å². The lowest BCUT2D eigenvalue weighted by Gasteiger charge is -2.07. The number of rotatable bonds is 4. The summed E-state index contributed by atoms with van der Waals surface area (Å²) in [6, 6.07) is 5.81. The standard InChI is InChI=1S/C14H13BrN4O/c1-10-16-5-6-19(10)14-3-2-11(8-18-14)17-9-13-12(15)4-7-20-13/h2-8,17H,9H2,1H3. The third kappa shape index (κ3) is 2.60. The minimum absolute atomic E-state index is 0.610. The fraction of sp³-hybridized carbons (Fsp3) is 0.143. The van der Waals surface area contributed by atoms with Crippen molar-refractivity contribution in [2.24, 2.45) is 0 Å². The van der Waals surface area contributed by atoms with Gasteiger partial charge in [0.1, 0.15) is 17.4 Å². The quantitative estimate of drug-likeness (QED) is 0.793. The highest BCUT2D eigenvalue weighted by Crippen LogP contribution is 2.19. The van der Waals surface area contributed by atoms with Crippen molar-refractivity contribution in [2.45, 2.75) is 13.5 Å². The molecule has 0 fully saturated rings. The van der Waals surface area contributed by atoms with E-state index in [9.17, 15) is 0 Å². The number of anilines is 1. The van der Waals surface area contributed by atoms with E-state index in [4.69, 9.17) is 4.42 Å². The maximum Gasteiger partial charge on any atom is 0.138 e. The number of pyridine rings is 1. The summed E-state index contributed by atoms with van der Waals surface area (Å²) in [4.78, 5) is 8.61. The van der Waals surface area contributed by atoms with E-state index in [1.807, 2.05) is 35.9 Å². The van der Waals surface area contributed by atoms with Crippen LogP contribution in [0.4, 0.5) is 5.69 Å². The van der Waals surface area contributed by atoms with Crippen molar-refractivity contribution >= 4 is 21.6 Å². The van der Waals surface area contributed by atoms with Crippen LogP contribution in [0, 0.1) is 6.92 Å². The van der Waals surface area contributed by atoms with Crippen molar-refractivity contribution in [1.29, 1.82) is 0 Å². The number of aryl methyl sites for hydroxylation is 1. The van der Waals surface area contributed by atoms with E-state index in [1.54, 1.807) is 18.7 Å². The number of furan rings is 1. The molecule has 20 heavy (non-hydrogen) atoms. The van der Waals surface area contributed by atoms with Crippen molar-refractivity contribution in [3.8, 4) is 5.82 Å². The molecule has 3 heterocycles. The molecule has 0 aliphatic rings. The van der Waals surface area contributed by atoms with Gasteiger partial charge in [0.2, 0.25) is 0 Å². The van der Waals surface area contributed by atoms with Gasteiger partial charge >= 0.3 is 0 Å². The first-order valence-corrected chi connectivity index (χ1v) is 6.95. The topological polar surface area (TPSA) is 55.9 Å². The SMILES string of the molecule is Cc1nccn1-c1ccc(NCc2occc2Br)cn1. The third-order valence-electron chi connectivity index (χ3n) is 2.96. The highest BCUT2D eigenvalue weighted by Gasteiger charge is 2.04. The van der Waals surface area contributed by atoms with Gasteiger partial charge in [-0.3, -0.25) is 4.57 Å². The van der Waals surface area contributed by atoms with Gasteiger partial charge in [0.15, 0.2) is 0 Å². The zero-order chi connectivity index (χ0) is 13.9. The smallest absolute Gasteiger partial charge is 0.138 e. The summed E-state index contributed by atoms with van der Waals surface area (Å²) in [5.41, 5.74) is 0.940. The highest BCUT2D eigenvalue weighted by atomic mass is 79.9. The van der Waals surface area contributed by atoms with Gasteiger partial charge in [-0.15, -0.1) is 0 Å². The van der Waals surface area contributed by atoms with Gasteiger partial charge in [0, 0.05) is 12.4 Å². The van der Waals surface area contributed by atoms with Crippen LogP contribution in [0.2, 0.25) is 0 Å². The Morgan fingerprint density at radius 3 is 2.80 bits per heavy atom. The summed E-state index contributed by atoms with van der Waals surface area (Å²) in [6.45, 7) is 2.56. The molecule has 3 aromatic rings. The molecule has 1 N–H and O–H groups in total. The summed E-state index contributed by atoms with van der Waals surface area (Å²) in [5.74, 6) is 2.63. The fourth-order valence-corrected chi connectivity index (χ4v) is 2.23. The molecule has 0 radical (unpaired) electrons. The molecule has 5 nitrogen and oxygen atoms in total. The number of nitrogens with one attached hydrogen (secondary N) is 1. The second kappa shape index (κ2) is 5.50. The number of nitrogens with zero attached hydrogens (tertiary/aromatic N) is 3. The summed E-state index contributed by atoms with van der Waals surface area (Å²) >= 11 is 3.43. The van der Waals surface area contributed by atoms with Crippen LogP contribution < -0.4 is 5.32 Å². The van der Waals surface area contributed by atoms with E-state index >= 15 is 0 Å². The van der Waals surface area contributed by atoms with Gasteiger partial charge in [-0.05, 0) is 41.1 Å². The largest absolute Gasteiger partial charge is 0.466 e. The summed E-state index contributed by atoms with van der Waals surface area (Å²) in [7, 11) is 0. The molecule has 0 amide bonds. The molecule has 0 aliphatic carbocycles. The molecule has 0 saturated carbocycles. The summed E-state index contributed by atoms with van der Waals surface area (Å²) in [5, 5.41) is 3.26. The van der Waals surface area contributed by atoms with Crippen LogP contribution in [0.15, 0.2) is 51.9 Å². The van der Waals surface area contributed by atoms with Crippen molar-refractivity contribution in [1.82, 2.24) is 14.5 Å². The van der Waals surface area contributed by atoms with Crippen LogP contribution in [-0.2, 0) is 6.54 Å². The van der Waals surface area contributed by atoms with E-state index in [0.717, 1.165) is 27.6 Å². The van der Waals surface area contributed by atoms with Gasteiger partial charge in [-0.2, -0.15) is 0 Å². The molecule has 0 aliphatic heterocycles. The second-order valence-electron chi connectivity index (χ2n) is 4.29. The first-order chi connectivity index (χ1) is 9.74. The number of aromatic nitrogens is 3. The molecule has 102 valence electrons. The van der Waals surface area contributed by atoms with Gasteiger partial charge in [0.25, 0.3) is 0 Å². The van der Waals surface area contributed by atoms with Crippen LogP contribution in [0.25, 0.3) is 5.82 Å². The average molecular weight is 333 g/mol. The summed E-state index contributed by atoms with van der Waals surface area (Å²) < 4.78 is 8.24. The monoisotopic (exact) mass is 332 g/mol. The van der Waals surface area contributed by atoms with E-state index in [-0.39, 0.29) is 0 Å². The van der Waals surface area contributed by atoms with Crippen molar-refractivity contribution in [2.75, 3.05) is 5.32 Å². The first-order valence-electron chi connectivity index (χ1n) is 6.16. The molecule has 6 heteroatoms. The average Bonchev–Trinajstić information content (AvgIpc) is 3.06. The minimum Gasteiger partial charge on any atom is -0.466 e. The lowest BCUT2D eigenvalue weighted by atomic mass is 10.3. The Balaban J connectivity index is 1.71. The predicted octanol–water partition coefficient (Wildman–Crippen LogP) is 3.54. The van der Waals surface area contributed by atoms with Crippen LogP contribution in [0.3, 0.4) is 0 Å². The number of hydrogen-bond acceptors (Lipinski definition) is 4. The fourth-order valence-electron chi connectivity index (χ4n) is 1.89. The second-order valence-corrected chi connectivity index (χ2v) is 5.15. The summed E-state index contributed by atoms with van der Waals surface area (Å²) in [6.07, 6.45) is 7.11. The van der Waals surface area contributed by atoms with Gasteiger partial charge < -0.3 is 9.73 Å². The lowest BCUT2D eigenvalue weighted by Crippen LogP contribution is -2.02. The van der Waals surface area contributed by atoms with E-state index in [2.05, 4.69) is 31.2 Å². The third-order valence-corrected chi connectivity index (χ3v) is 3.67. The molecule has 3 aromatic heterocycles. The Labute approximate surface area is 124 Å². The Morgan fingerprint density at radius 2 is 2.20 bits per heavy atom. The molecule has 0 aromatic carbocycles. The first kappa shape index (κ1) is 12.9. The Kier molecular flexibility index (Phi) is 3.56. The van der Waals surface area contributed by atoms with Gasteiger partial charge in [-0.25, -0.2) is 9.97 Å². The van der Waals surface area contributed by atoms with Gasteiger partial charge in [-0.1, -0.05) is 0 Å². The maximum atomic E-state index is 5.34. The zero-order valence-electron chi connectivity index (χ0n) is 10.9. The van der Waals surface area contributed by atoms with Crippen molar-refractivity contribution < 1.29 is 4.42 Å². The van der Waals surface area contributed by atoms with Crippen LogP contribution in [0.5, 0.6) is 0 Å². The van der Waals surface area contributed by atoms with Crippen molar-refractivity contribution in [3.05, 3.63) is 59.1 Å². The zero-order valence-corrected chi connectivity index (χ0v) is 12.5. The molecule has 0 unspecified atom stereocenters. The number of imidazole rings is 1. The maximum absolute atomic E-state index is 5.34. The molecular weight excluding hydrogens is 320 g/mol. The number of hydrogen-bond donors (Lipinski definition) is 1. The van der Waals surface area contributed by atoms with E-state index in [1.165, 1.54) is 0 Å². The minimum atomic E-state index is 0.610. The molecule has 0 saturated heterocycles. The number of halogens is 1. The molecular formula is C14H13BrN4O.